The van der Waals surface area contributed by atoms with E-state index in [0.29, 0.717) is 34.0 Å². The Balaban J connectivity index is 1.79. The Bertz CT molecular complexity index is 573. The van der Waals surface area contributed by atoms with Crippen LogP contribution in [0.2, 0.25) is 0 Å². The standard InChI is InChI=1S/C13H17N5O2S/c14-8-1-3-10(4-2-8)20-6-9(19)7-21-13-17-11(15)5-12(16)18-13/h1-5,9,19H,6-7,14H2,(H4,15,16,17,18). The molecule has 21 heavy (non-hydrogen) atoms. The Morgan fingerprint density at radius 3 is 2.33 bits per heavy atom. The van der Waals surface area contributed by atoms with Gasteiger partial charge in [-0.05, 0) is 24.3 Å². The molecule has 0 amide bonds. The summed E-state index contributed by atoms with van der Waals surface area (Å²) in [6.07, 6.45) is -0.668. The van der Waals surface area contributed by atoms with Gasteiger partial charge in [0.05, 0.1) is 6.10 Å². The number of ether oxygens (including phenoxy) is 1. The molecule has 2 aromatic rings. The lowest BCUT2D eigenvalue weighted by molar-refractivity contribution is 0.126. The number of anilines is 3. The van der Waals surface area contributed by atoms with Crippen molar-refractivity contribution in [1.82, 2.24) is 9.97 Å². The molecular formula is C13H17N5O2S. The summed E-state index contributed by atoms with van der Waals surface area (Å²) in [6, 6.07) is 8.44. The van der Waals surface area contributed by atoms with Gasteiger partial charge >= 0.3 is 0 Å². The fourth-order valence-electron chi connectivity index (χ4n) is 1.50. The van der Waals surface area contributed by atoms with Gasteiger partial charge in [-0.15, -0.1) is 0 Å². The molecule has 7 N–H and O–H groups in total. The minimum absolute atomic E-state index is 0.161. The van der Waals surface area contributed by atoms with Gasteiger partial charge in [0, 0.05) is 17.5 Å². The Morgan fingerprint density at radius 1 is 1.10 bits per heavy atom. The maximum Gasteiger partial charge on any atom is 0.191 e. The predicted molar refractivity (Wildman–Crippen MR) is 83.9 cm³/mol. The van der Waals surface area contributed by atoms with E-state index < -0.39 is 6.10 Å². The van der Waals surface area contributed by atoms with Crippen LogP contribution >= 0.6 is 11.8 Å². The van der Waals surface area contributed by atoms with E-state index in [9.17, 15) is 5.11 Å². The minimum Gasteiger partial charge on any atom is -0.491 e. The Morgan fingerprint density at radius 2 is 1.71 bits per heavy atom. The van der Waals surface area contributed by atoms with Crippen molar-refractivity contribution in [3.63, 3.8) is 0 Å². The molecule has 0 spiro atoms. The van der Waals surface area contributed by atoms with Crippen LogP contribution in [-0.2, 0) is 0 Å². The molecule has 7 nitrogen and oxygen atoms in total. The topological polar surface area (TPSA) is 133 Å². The van der Waals surface area contributed by atoms with Crippen molar-refractivity contribution in [1.29, 1.82) is 0 Å². The summed E-state index contributed by atoms with van der Waals surface area (Å²) >= 11 is 1.26. The normalized spacial score (nSPS) is 12.0. The third-order valence-electron chi connectivity index (χ3n) is 2.47. The van der Waals surface area contributed by atoms with Gasteiger partial charge in [0.1, 0.15) is 24.0 Å². The maximum absolute atomic E-state index is 9.88. The van der Waals surface area contributed by atoms with Crippen molar-refractivity contribution in [2.45, 2.75) is 11.3 Å². The highest BCUT2D eigenvalue weighted by molar-refractivity contribution is 7.99. The average molecular weight is 307 g/mol. The number of rotatable bonds is 6. The number of hydrogen-bond acceptors (Lipinski definition) is 8. The zero-order valence-electron chi connectivity index (χ0n) is 11.3. The van der Waals surface area contributed by atoms with Crippen molar-refractivity contribution in [3.05, 3.63) is 30.3 Å². The lowest BCUT2D eigenvalue weighted by Crippen LogP contribution is -2.20. The van der Waals surface area contributed by atoms with E-state index in [1.54, 1.807) is 24.3 Å². The summed E-state index contributed by atoms with van der Waals surface area (Å²) in [7, 11) is 0. The van der Waals surface area contributed by atoms with Crippen LogP contribution in [0, 0.1) is 0 Å². The first kappa shape index (κ1) is 15.2. The van der Waals surface area contributed by atoms with E-state index >= 15 is 0 Å². The molecule has 0 aliphatic heterocycles. The quantitative estimate of drug-likeness (QED) is 0.349. The van der Waals surface area contributed by atoms with Gasteiger partial charge in [-0.2, -0.15) is 0 Å². The fraction of sp³-hybridized carbons (Fsp3) is 0.231. The molecule has 1 aromatic carbocycles. The summed E-state index contributed by atoms with van der Waals surface area (Å²) in [5.41, 5.74) is 17.4. The van der Waals surface area contributed by atoms with Gasteiger partial charge in [0.15, 0.2) is 5.16 Å². The smallest absolute Gasteiger partial charge is 0.191 e. The van der Waals surface area contributed by atoms with Crippen LogP contribution in [0.25, 0.3) is 0 Å². The Labute approximate surface area is 126 Å². The summed E-state index contributed by atoms with van der Waals surface area (Å²) in [6.45, 7) is 0.161. The van der Waals surface area contributed by atoms with Gasteiger partial charge in [-0.1, -0.05) is 11.8 Å². The number of nitrogens with two attached hydrogens (primary N) is 3. The van der Waals surface area contributed by atoms with Gasteiger partial charge in [-0.3, -0.25) is 0 Å². The number of nitrogens with zero attached hydrogens (tertiary/aromatic N) is 2. The van der Waals surface area contributed by atoms with Crippen LogP contribution in [0.15, 0.2) is 35.5 Å². The van der Waals surface area contributed by atoms with Crippen LogP contribution in [0.3, 0.4) is 0 Å². The number of thioether (sulfide) groups is 1. The Hall–Kier alpha value is -2.19. The molecule has 0 aliphatic carbocycles. The first-order valence-corrected chi connectivity index (χ1v) is 7.21. The van der Waals surface area contributed by atoms with Gasteiger partial charge in [0.25, 0.3) is 0 Å². The molecule has 1 heterocycles. The molecule has 0 bridgehead atoms. The molecule has 0 fully saturated rings. The predicted octanol–water partition coefficient (Wildman–Crippen LogP) is 0.755. The molecule has 8 heteroatoms. The molecule has 112 valence electrons. The summed E-state index contributed by atoms with van der Waals surface area (Å²) in [5, 5.41) is 10.3. The van der Waals surface area contributed by atoms with Gasteiger partial charge in [0.2, 0.25) is 0 Å². The number of aliphatic hydroxyl groups excluding tert-OH is 1. The molecule has 0 saturated heterocycles. The lowest BCUT2D eigenvalue weighted by Gasteiger charge is -2.12. The van der Waals surface area contributed by atoms with Crippen LogP contribution in [0.1, 0.15) is 0 Å². The first-order valence-electron chi connectivity index (χ1n) is 6.22. The highest BCUT2D eigenvalue weighted by Crippen LogP contribution is 2.18. The minimum atomic E-state index is -0.668. The molecular weight excluding hydrogens is 290 g/mol. The second kappa shape index (κ2) is 7.00. The third kappa shape index (κ3) is 5.01. The van der Waals surface area contributed by atoms with Crippen LogP contribution in [-0.4, -0.2) is 33.5 Å². The maximum atomic E-state index is 9.88. The van der Waals surface area contributed by atoms with E-state index in [-0.39, 0.29) is 6.61 Å². The van der Waals surface area contributed by atoms with Crippen LogP contribution in [0.5, 0.6) is 5.75 Å². The molecule has 1 unspecified atom stereocenters. The fourth-order valence-corrected chi connectivity index (χ4v) is 2.28. The summed E-state index contributed by atoms with van der Waals surface area (Å²) < 4.78 is 5.45. The van der Waals surface area contributed by atoms with Gasteiger partial charge < -0.3 is 27.0 Å². The zero-order valence-corrected chi connectivity index (χ0v) is 12.1. The molecule has 1 aromatic heterocycles. The number of aliphatic hydroxyl groups is 1. The van der Waals surface area contributed by atoms with E-state index in [1.165, 1.54) is 17.8 Å². The Kier molecular flexibility index (Phi) is 5.07. The third-order valence-corrected chi connectivity index (χ3v) is 3.46. The lowest BCUT2D eigenvalue weighted by atomic mass is 10.3. The molecule has 1 atom stereocenters. The van der Waals surface area contributed by atoms with Crippen molar-refractivity contribution in [2.75, 3.05) is 29.6 Å². The summed E-state index contributed by atoms with van der Waals surface area (Å²) in [4.78, 5) is 8.04. The second-order valence-corrected chi connectivity index (χ2v) is 5.33. The van der Waals surface area contributed by atoms with E-state index in [1.807, 2.05) is 0 Å². The SMILES string of the molecule is Nc1ccc(OCC(O)CSc2nc(N)cc(N)n2)cc1. The number of aromatic nitrogens is 2. The highest BCUT2D eigenvalue weighted by atomic mass is 32.2. The van der Waals surface area contributed by atoms with E-state index in [0.717, 1.165) is 0 Å². The van der Waals surface area contributed by atoms with E-state index in [2.05, 4.69) is 9.97 Å². The van der Waals surface area contributed by atoms with Crippen molar-refractivity contribution < 1.29 is 9.84 Å². The summed E-state index contributed by atoms with van der Waals surface area (Å²) in [5.74, 6) is 1.63. The number of nitrogen functional groups attached to an aromatic ring is 3. The van der Waals surface area contributed by atoms with Crippen LogP contribution in [0.4, 0.5) is 17.3 Å². The largest absolute Gasteiger partial charge is 0.491 e. The van der Waals surface area contributed by atoms with E-state index in [4.69, 9.17) is 21.9 Å². The van der Waals surface area contributed by atoms with Gasteiger partial charge in [-0.25, -0.2) is 9.97 Å². The highest BCUT2D eigenvalue weighted by Gasteiger charge is 2.09. The van der Waals surface area contributed by atoms with Crippen molar-refractivity contribution >= 4 is 29.1 Å². The number of hydrogen-bond donors (Lipinski definition) is 4. The molecule has 2 rings (SSSR count). The average Bonchev–Trinajstić information content (AvgIpc) is 2.43. The molecule has 0 radical (unpaired) electrons. The van der Waals surface area contributed by atoms with Crippen molar-refractivity contribution in [3.8, 4) is 5.75 Å². The second-order valence-electron chi connectivity index (χ2n) is 4.35. The molecule has 0 saturated carbocycles. The molecule has 0 aliphatic rings. The number of benzene rings is 1. The van der Waals surface area contributed by atoms with Crippen LogP contribution < -0.4 is 21.9 Å². The van der Waals surface area contributed by atoms with Crippen molar-refractivity contribution in [2.24, 2.45) is 0 Å². The zero-order chi connectivity index (χ0) is 15.2. The first-order chi connectivity index (χ1) is 10.0. The monoisotopic (exact) mass is 307 g/mol.